The highest BCUT2D eigenvalue weighted by Gasteiger charge is 2.17. The first-order chi connectivity index (χ1) is 10.1. The highest BCUT2D eigenvalue weighted by Crippen LogP contribution is 2.13. The van der Waals surface area contributed by atoms with Gasteiger partial charge in [-0.2, -0.15) is 5.10 Å². The zero-order valence-corrected chi connectivity index (χ0v) is 11.4. The van der Waals surface area contributed by atoms with E-state index < -0.39 is 5.82 Å². The molecule has 0 atom stereocenters. The van der Waals surface area contributed by atoms with E-state index in [1.54, 1.807) is 7.05 Å². The maximum atomic E-state index is 13.4. The molecule has 6 nitrogen and oxygen atoms in total. The van der Waals surface area contributed by atoms with Crippen LogP contribution >= 0.6 is 0 Å². The Bertz CT molecular complexity index is 687. The quantitative estimate of drug-likeness (QED) is 0.806. The van der Waals surface area contributed by atoms with E-state index in [2.05, 4.69) is 27.0 Å². The van der Waals surface area contributed by atoms with Crippen molar-refractivity contribution in [1.82, 2.24) is 20.1 Å². The van der Waals surface area contributed by atoms with E-state index in [4.69, 9.17) is 5.73 Å². The van der Waals surface area contributed by atoms with Crippen molar-refractivity contribution in [2.75, 3.05) is 13.6 Å². The van der Waals surface area contributed by atoms with Gasteiger partial charge < -0.3 is 10.6 Å². The number of carbonyl (C=O) groups is 1. The minimum absolute atomic E-state index is 0.166. The third-order valence-electron chi connectivity index (χ3n) is 2.74. The summed E-state index contributed by atoms with van der Waals surface area (Å²) >= 11 is 0. The van der Waals surface area contributed by atoms with Gasteiger partial charge in [0.25, 0.3) is 5.91 Å². The number of nitrogens with zero attached hydrogens (tertiary/aromatic N) is 3. The van der Waals surface area contributed by atoms with Crippen LogP contribution in [0.3, 0.4) is 0 Å². The molecule has 0 saturated heterocycles. The van der Waals surface area contributed by atoms with Crippen LogP contribution in [-0.2, 0) is 6.54 Å². The predicted molar refractivity (Wildman–Crippen MR) is 74.5 cm³/mol. The smallest absolute Gasteiger partial charge is 0.255 e. The number of hydrogen-bond donors (Lipinski definition) is 2. The molecular formula is C14H14FN5O. The summed E-state index contributed by atoms with van der Waals surface area (Å²) in [5.74, 6) is 5.12. The lowest BCUT2D eigenvalue weighted by Gasteiger charge is -2.16. The first kappa shape index (κ1) is 14.7. The third kappa shape index (κ3) is 3.64. The van der Waals surface area contributed by atoms with Gasteiger partial charge in [-0.05, 0) is 18.2 Å². The number of halogens is 1. The van der Waals surface area contributed by atoms with Gasteiger partial charge in [-0.1, -0.05) is 11.8 Å². The standard InChI is InChI=1S/C14H14FN5O/c1-20(8-13-17-9-18-19-13)14(21)12-7-11(15)5-4-10(12)3-2-6-16/h4-5,7,9H,6,8,16H2,1H3,(H,17,18,19). The second-order valence-electron chi connectivity index (χ2n) is 4.29. The van der Waals surface area contributed by atoms with Crippen LogP contribution in [-0.4, -0.2) is 39.6 Å². The van der Waals surface area contributed by atoms with Crippen molar-refractivity contribution >= 4 is 5.91 Å². The van der Waals surface area contributed by atoms with Crippen LogP contribution in [0.25, 0.3) is 0 Å². The number of nitrogens with one attached hydrogen (secondary N) is 1. The highest BCUT2D eigenvalue weighted by molar-refractivity contribution is 5.96. The van der Waals surface area contributed by atoms with Gasteiger partial charge in [-0.25, -0.2) is 9.37 Å². The molecule has 1 aromatic heterocycles. The van der Waals surface area contributed by atoms with E-state index in [0.717, 1.165) is 0 Å². The molecule has 21 heavy (non-hydrogen) atoms. The van der Waals surface area contributed by atoms with Gasteiger partial charge in [0.2, 0.25) is 0 Å². The van der Waals surface area contributed by atoms with E-state index in [1.165, 1.54) is 29.4 Å². The van der Waals surface area contributed by atoms with Crippen LogP contribution < -0.4 is 5.73 Å². The molecule has 1 aromatic carbocycles. The molecular weight excluding hydrogens is 273 g/mol. The average Bonchev–Trinajstić information content (AvgIpc) is 2.98. The van der Waals surface area contributed by atoms with Crippen molar-refractivity contribution in [3.63, 3.8) is 0 Å². The lowest BCUT2D eigenvalue weighted by molar-refractivity contribution is 0.0781. The molecule has 0 aliphatic carbocycles. The third-order valence-corrected chi connectivity index (χ3v) is 2.74. The fourth-order valence-electron chi connectivity index (χ4n) is 1.76. The Labute approximate surface area is 121 Å². The second kappa shape index (κ2) is 6.63. The van der Waals surface area contributed by atoms with Crippen LogP contribution in [0.1, 0.15) is 21.7 Å². The van der Waals surface area contributed by atoms with E-state index in [1.807, 2.05) is 0 Å². The number of benzene rings is 1. The Kier molecular flexibility index (Phi) is 4.64. The largest absolute Gasteiger partial charge is 0.334 e. The molecule has 1 heterocycles. The Hall–Kier alpha value is -2.72. The highest BCUT2D eigenvalue weighted by atomic mass is 19.1. The Morgan fingerprint density at radius 2 is 2.33 bits per heavy atom. The fraction of sp³-hybridized carbons (Fsp3) is 0.214. The van der Waals surface area contributed by atoms with E-state index in [0.29, 0.717) is 11.4 Å². The second-order valence-corrected chi connectivity index (χ2v) is 4.29. The molecule has 7 heteroatoms. The summed E-state index contributed by atoms with van der Waals surface area (Å²) in [6.45, 7) is 0.401. The van der Waals surface area contributed by atoms with Crippen LogP contribution in [0.15, 0.2) is 24.5 Å². The monoisotopic (exact) mass is 287 g/mol. The van der Waals surface area contributed by atoms with Crippen molar-refractivity contribution in [1.29, 1.82) is 0 Å². The maximum Gasteiger partial charge on any atom is 0.255 e. The molecule has 0 radical (unpaired) electrons. The minimum atomic E-state index is -0.496. The van der Waals surface area contributed by atoms with Crippen LogP contribution in [0.5, 0.6) is 0 Å². The normalized spacial score (nSPS) is 9.86. The Morgan fingerprint density at radius 3 is 3.00 bits per heavy atom. The summed E-state index contributed by atoms with van der Waals surface area (Å²) in [6.07, 6.45) is 1.36. The van der Waals surface area contributed by atoms with Crippen LogP contribution in [0.4, 0.5) is 4.39 Å². The summed E-state index contributed by atoms with van der Waals surface area (Å²) < 4.78 is 13.4. The number of rotatable bonds is 3. The molecule has 0 saturated carbocycles. The van der Waals surface area contributed by atoms with Gasteiger partial charge in [0.15, 0.2) is 0 Å². The molecule has 2 aromatic rings. The summed E-state index contributed by atoms with van der Waals surface area (Å²) in [5, 5.41) is 6.37. The number of aromatic nitrogens is 3. The van der Waals surface area contributed by atoms with Crippen molar-refractivity contribution < 1.29 is 9.18 Å². The maximum absolute atomic E-state index is 13.4. The zero-order valence-electron chi connectivity index (χ0n) is 11.4. The number of amides is 1. The van der Waals surface area contributed by atoms with Crippen molar-refractivity contribution in [2.45, 2.75) is 6.54 Å². The summed E-state index contributed by atoms with van der Waals surface area (Å²) in [7, 11) is 1.59. The van der Waals surface area contributed by atoms with Gasteiger partial charge in [0.05, 0.1) is 18.7 Å². The minimum Gasteiger partial charge on any atom is -0.334 e. The first-order valence-corrected chi connectivity index (χ1v) is 6.20. The molecule has 0 fully saturated rings. The van der Waals surface area contributed by atoms with Crippen molar-refractivity contribution in [3.05, 3.63) is 47.3 Å². The molecule has 108 valence electrons. The number of H-pyrrole nitrogens is 1. The van der Waals surface area contributed by atoms with E-state index in [-0.39, 0.29) is 24.6 Å². The summed E-state index contributed by atoms with van der Waals surface area (Å²) in [6, 6.07) is 3.89. The van der Waals surface area contributed by atoms with Gasteiger partial charge in [0, 0.05) is 12.6 Å². The van der Waals surface area contributed by atoms with Gasteiger partial charge in [0.1, 0.15) is 18.0 Å². The molecule has 0 bridgehead atoms. The number of carbonyl (C=O) groups excluding carboxylic acids is 1. The Balaban J connectivity index is 2.26. The van der Waals surface area contributed by atoms with Crippen molar-refractivity contribution in [3.8, 4) is 11.8 Å². The molecule has 3 N–H and O–H groups in total. The van der Waals surface area contributed by atoms with Gasteiger partial charge >= 0.3 is 0 Å². The molecule has 2 rings (SSSR count). The van der Waals surface area contributed by atoms with Gasteiger partial charge in [-0.3, -0.25) is 9.89 Å². The SMILES string of the molecule is CN(Cc1ncn[nH]1)C(=O)c1cc(F)ccc1C#CCN. The summed E-state index contributed by atoms with van der Waals surface area (Å²) in [4.78, 5) is 17.8. The molecule has 0 unspecified atom stereocenters. The summed E-state index contributed by atoms with van der Waals surface area (Å²) in [5.41, 5.74) is 5.95. The molecule has 1 amide bonds. The molecule has 0 aliphatic heterocycles. The van der Waals surface area contributed by atoms with Gasteiger partial charge in [-0.15, -0.1) is 0 Å². The lowest BCUT2D eigenvalue weighted by Crippen LogP contribution is -2.27. The fourth-order valence-corrected chi connectivity index (χ4v) is 1.76. The molecule has 0 aliphatic rings. The zero-order chi connectivity index (χ0) is 15.2. The number of hydrogen-bond acceptors (Lipinski definition) is 4. The van der Waals surface area contributed by atoms with E-state index in [9.17, 15) is 9.18 Å². The van der Waals surface area contributed by atoms with E-state index >= 15 is 0 Å². The van der Waals surface area contributed by atoms with Crippen LogP contribution in [0, 0.1) is 17.7 Å². The first-order valence-electron chi connectivity index (χ1n) is 6.20. The average molecular weight is 287 g/mol. The topological polar surface area (TPSA) is 87.9 Å². The predicted octanol–water partition coefficient (Wildman–Crippen LogP) is 0.526. The molecule has 0 spiro atoms. The number of nitrogens with two attached hydrogens (primary N) is 1. The Morgan fingerprint density at radius 1 is 1.52 bits per heavy atom. The number of aromatic amines is 1. The van der Waals surface area contributed by atoms with Crippen molar-refractivity contribution in [2.24, 2.45) is 5.73 Å². The van der Waals surface area contributed by atoms with Crippen LogP contribution in [0.2, 0.25) is 0 Å². The lowest BCUT2D eigenvalue weighted by atomic mass is 10.1.